The number of aromatic nitrogens is 1. The molecule has 5 heteroatoms. The zero-order valence-corrected chi connectivity index (χ0v) is 11.3. The molecule has 0 aliphatic carbocycles. The molecule has 1 aliphatic rings. The second-order valence-corrected chi connectivity index (χ2v) is 5.69. The number of nitrogens with one attached hydrogen (secondary N) is 1. The van der Waals surface area contributed by atoms with E-state index in [4.69, 9.17) is 0 Å². The summed E-state index contributed by atoms with van der Waals surface area (Å²) in [5.41, 5.74) is 3.18. The molecule has 0 amide bonds. The third-order valence-electron chi connectivity index (χ3n) is 3.08. The van der Waals surface area contributed by atoms with Crippen LogP contribution in [0.4, 0.5) is 0 Å². The predicted octanol–water partition coefficient (Wildman–Crippen LogP) is 2.89. The molecular weight excluding hydrogens is 238 g/mol. The number of aliphatic imine (C=N–C) groups is 1. The van der Waals surface area contributed by atoms with Gasteiger partial charge in [0.05, 0.1) is 17.7 Å². The van der Waals surface area contributed by atoms with Crippen molar-refractivity contribution in [3.63, 3.8) is 0 Å². The minimum atomic E-state index is 0.269. The third-order valence-corrected chi connectivity index (χ3v) is 4.92. The molecule has 0 saturated carbocycles. The Kier molecular flexibility index (Phi) is 3.86. The third kappa shape index (κ3) is 2.58. The van der Waals surface area contributed by atoms with Crippen LogP contribution in [0, 0.1) is 0 Å². The molecule has 0 unspecified atom stereocenters. The van der Waals surface area contributed by atoms with Gasteiger partial charge in [0.1, 0.15) is 0 Å². The predicted molar refractivity (Wildman–Crippen MR) is 72.2 cm³/mol. The van der Waals surface area contributed by atoms with Crippen LogP contribution in [0.3, 0.4) is 0 Å². The van der Waals surface area contributed by atoms with Crippen LogP contribution in [-0.2, 0) is 6.54 Å². The molecule has 1 aliphatic heterocycles. The Morgan fingerprint density at radius 2 is 2.31 bits per heavy atom. The van der Waals surface area contributed by atoms with E-state index >= 15 is 0 Å². The number of rotatable bonds is 4. The van der Waals surface area contributed by atoms with Crippen molar-refractivity contribution < 1.29 is 0 Å². The van der Waals surface area contributed by atoms with Gasteiger partial charge in [0.25, 0.3) is 0 Å². The van der Waals surface area contributed by atoms with E-state index in [2.05, 4.69) is 34.5 Å². The van der Waals surface area contributed by atoms with Gasteiger partial charge >= 0.3 is 0 Å². The van der Waals surface area contributed by atoms with E-state index in [1.54, 1.807) is 11.3 Å². The average Bonchev–Trinajstić information content (AvgIpc) is 2.96. The number of amidine groups is 1. The molecule has 1 saturated heterocycles. The quantitative estimate of drug-likeness (QED) is 0.899. The fraction of sp³-hybridized carbons (Fsp3) is 0.636. The minimum Gasteiger partial charge on any atom is -0.359 e. The van der Waals surface area contributed by atoms with Crippen LogP contribution >= 0.6 is 23.1 Å². The lowest BCUT2D eigenvalue weighted by molar-refractivity contribution is 0.407. The maximum Gasteiger partial charge on any atom is 0.157 e. The molecule has 0 atom stereocenters. The first-order valence-corrected chi connectivity index (χ1v) is 7.53. The van der Waals surface area contributed by atoms with E-state index in [0.29, 0.717) is 6.54 Å². The number of nitrogens with zero attached hydrogens (tertiary/aromatic N) is 2. The Balaban J connectivity index is 1.95. The SMILES string of the molecule is CCC1(CC)CSC(=NCc2cscn2)N1. The van der Waals surface area contributed by atoms with Gasteiger partial charge in [-0.15, -0.1) is 11.3 Å². The van der Waals surface area contributed by atoms with Gasteiger partial charge in [-0.25, -0.2) is 4.98 Å². The molecule has 0 bridgehead atoms. The van der Waals surface area contributed by atoms with Crippen molar-refractivity contribution in [2.45, 2.75) is 38.8 Å². The topological polar surface area (TPSA) is 37.3 Å². The molecule has 3 nitrogen and oxygen atoms in total. The highest BCUT2D eigenvalue weighted by Crippen LogP contribution is 2.29. The molecule has 88 valence electrons. The van der Waals surface area contributed by atoms with E-state index in [-0.39, 0.29) is 5.54 Å². The van der Waals surface area contributed by atoms with Crippen LogP contribution in [0.15, 0.2) is 15.9 Å². The van der Waals surface area contributed by atoms with Crippen LogP contribution in [0.5, 0.6) is 0 Å². The minimum absolute atomic E-state index is 0.269. The molecule has 2 heterocycles. The fourth-order valence-corrected chi connectivity index (χ4v) is 3.58. The van der Waals surface area contributed by atoms with Crippen LogP contribution in [0.1, 0.15) is 32.4 Å². The number of hydrogen-bond donors (Lipinski definition) is 1. The van der Waals surface area contributed by atoms with Gasteiger partial charge in [0.2, 0.25) is 0 Å². The van der Waals surface area contributed by atoms with E-state index in [9.17, 15) is 0 Å². The lowest BCUT2D eigenvalue weighted by Crippen LogP contribution is -2.42. The van der Waals surface area contributed by atoms with Crippen LogP contribution < -0.4 is 5.32 Å². The average molecular weight is 255 g/mol. The molecule has 1 N–H and O–H groups in total. The Morgan fingerprint density at radius 3 is 2.88 bits per heavy atom. The van der Waals surface area contributed by atoms with Gasteiger partial charge in [-0.2, -0.15) is 0 Å². The first kappa shape index (κ1) is 11.9. The molecule has 2 rings (SSSR count). The lowest BCUT2D eigenvalue weighted by Gasteiger charge is -2.25. The summed E-state index contributed by atoms with van der Waals surface area (Å²) in [4.78, 5) is 8.80. The van der Waals surface area contributed by atoms with Crippen molar-refractivity contribution in [1.82, 2.24) is 10.3 Å². The summed E-state index contributed by atoms with van der Waals surface area (Å²) in [6, 6.07) is 0. The summed E-state index contributed by atoms with van der Waals surface area (Å²) in [6.45, 7) is 5.17. The van der Waals surface area contributed by atoms with Crippen molar-refractivity contribution in [2.75, 3.05) is 5.75 Å². The van der Waals surface area contributed by atoms with Gasteiger partial charge in [-0.1, -0.05) is 25.6 Å². The molecule has 1 aromatic heterocycles. The maximum atomic E-state index is 4.57. The largest absolute Gasteiger partial charge is 0.359 e. The van der Waals surface area contributed by atoms with Crippen molar-refractivity contribution >= 4 is 28.3 Å². The van der Waals surface area contributed by atoms with Gasteiger partial charge in [-0.3, -0.25) is 4.99 Å². The molecule has 1 aromatic rings. The van der Waals surface area contributed by atoms with Crippen molar-refractivity contribution in [3.05, 3.63) is 16.6 Å². The maximum absolute atomic E-state index is 4.57. The normalized spacial score (nSPS) is 21.2. The Morgan fingerprint density at radius 1 is 1.50 bits per heavy atom. The first-order chi connectivity index (χ1) is 7.78. The van der Waals surface area contributed by atoms with Crippen molar-refractivity contribution in [3.8, 4) is 0 Å². The number of hydrogen-bond acceptors (Lipinski definition) is 4. The summed E-state index contributed by atoms with van der Waals surface area (Å²) < 4.78 is 0. The highest BCUT2D eigenvalue weighted by atomic mass is 32.2. The highest BCUT2D eigenvalue weighted by molar-refractivity contribution is 8.14. The summed E-state index contributed by atoms with van der Waals surface area (Å²) >= 11 is 3.46. The van der Waals surface area contributed by atoms with Crippen LogP contribution in [-0.4, -0.2) is 21.4 Å². The molecule has 16 heavy (non-hydrogen) atoms. The summed E-state index contributed by atoms with van der Waals surface area (Å²) in [5, 5.41) is 6.69. The van der Waals surface area contributed by atoms with E-state index in [1.807, 2.05) is 17.3 Å². The monoisotopic (exact) mass is 255 g/mol. The Bertz CT molecular complexity index is 355. The van der Waals surface area contributed by atoms with E-state index in [0.717, 1.165) is 29.5 Å². The zero-order chi connectivity index (χ0) is 11.4. The molecule has 0 radical (unpaired) electrons. The summed E-state index contributed by atoms with van der Waals surface area (Å²) in [5.74, 6) is 1.13. The van der Waals surface area contributed by atoms with Crippen LogP contribution in [0.2, 0.25) is 0 Å². The molecule has 1 fully saturated rings. The summed E-state index contributed by atoms with van der Waals surface area (Å²) in [7, 11) is 0. The number of thiazole rings is 1. The highest BCUT2D eigenvalue weighted by Gasteiger charge is 2.33. The molecule has 0 spiro atoms. The second-order valence-electron chi connectivity index (χ2n) is 4.00. The Labute approximate surface area is 105 Å². The standard InChI is InChI=1S/C11H17N3S2/c1-3-11(4-2)7-16-10(14-11)12-5-9-6-15-8-13-9/h6,8H,3-5,7H2,1-2H3,(H,12,14). The lowest BCUT2D eigenvalue weighted by atomic mass is 9.96. The summed E-state index contributed by atoms with van der Waals surface area (Å²) in [6.07, 6.45) is 2.32. The van der Waals surface area contributed by atoms with E-state index in [1.165, 1.54) is 0 Å². The van der Waals surface area contributed by atoms with Crippen LogP contribution in [0.25, 0.3) is 0 Å². The second kappa shape index (κ2) is 5.19. The number of thioether (sulfide) groups is 1. The smallest absolute Gasteiger partial charge is 0.157 e. The van der Waals surface area contributed by atoms with Gasteiger partial charge in [0.15, 0.2) is 5.17 Å². The molecular formula is C11H17N3S2. The van der Waals surface area contributed by atoms with Crippen molar-refractivity contribution in [1.29, 1.82) is 0 Å². The van der Waals surface area contributed by atoms with Crippen molar-refractivity contribution in [2.24, 2.45) is 4.99 Å². The molecule has 0 aromatic carbocycles. The fourth-order valence-electron chi connectivity index (χ4n) is 1.69. The Hall–Kier alpha value is -0.550. The van der Waals surface area contributed by atoms with Gasteiger partial charge in [0, 0.05) is 16.7 Å². The van der Waals surface area contributed by atoms with Gasteiger partial charge < -0.3 is 5.32 Å². The van der Waals surface area contributed by atoms with Gasteiger partial charge in [-0.05, 0) is 12.8 Å². The zero-order valence-electron chi connectivity index (χ0n) is 9.69. The first-order valence-electron chi connectivity index (χ1n) is 5.60. The van der Waals surface area contributed by atoms with E-state index < -0.39 is 0 Å².